The van der Waals surface area contributed by atoms with Gasteiger partial charge in [0, 0.05) is 18.1 Å². The van der Waals surface area contributed by atoms with E-state index in [1.165, 1.54) is 6.42 Å². The first-order valence-corrected chi connectivity index (χ1v) is 6.72. The summed E-state index contributed by atoms with van der Waals surface area (Å²) in [5.74, 6) is 0.598. The molecule has 0 spiro atoms. The largest absolute Gasteiger partial charge is 0.369 e. The van der Waals surface area contributed by atoms with Crippen molar-refractivity contribution < 1.29 is 0 Å². The zero-order valence-corrected chi connectivity index (χ0v) is 12.7. The smallest absolute Gasteiger partial charge is 0.223 e. The van der Waals surface area contributed by atoms with E-state index in [2.05, 4.69) is 9.98 Å². The second-order valence-corrected chi connectivity index (χ2v) is 4.90. The number of hydrogen-bond acceptors (Lipinski definition) is 1. The second kappa shape index (κ2) is 7.97. The molecule has 5 nitrogen and oxygen atoms in total. The second-order valence-electron chi connectivity index (χ2n) is 4.46. The normalized spacial score (nSPS) is 16.8. The Morgan fingerprint density at radius 3 is 2.25 bits per heavy atom. The maximum Gasteiger partial charge on any atom is 0.223 e. The summed E-state index contributed by atoms with van der Waals surface area (Å²) in [5, 5.41) is 0.661. The molecular weight excluding hydrogens is 297 g/mol. The predicted octanol–water partition coefficient (Wildman–Crippen LogP) is 2.51. The minimum absolute atomic E-state index is 0. The Morgan fingerprint density at radius 2 is 1.65 bits per heavy atom. The molecule has 0 aromatic heterocycles. The van der Waals surface area contributed by atoms with Crippen LogP contribution in [0.15, 0.2) is 34.3 Å². The van der Waals surface area contributed by atoms with Gasteiger partial charge in [-0.3, -0.25) is 0 Å². The van der Waals surface area contributed by atoms with E-state index in [0.717, 1.165) is 25.9 Å². The standard InChI is InChI=1S/C13H18ClN5.ClH/c14-10-4-6-11(7-5-10)17-12(15)18-13(16)19-8-2-1-3-9-19;/h4-7H,1-3,8-9H2,(H4,15,16,17,18);1H. The van der Waals surface area contributed by atoms with Gasteiger partial charge in [0.2, 0.25) is 5.96 Å². The first-order valence-electron chi connectivity index (χ1n) is 6.34. The summed E-state index contributed by atoms with van der Waals surface area (Å²) in [6.07, 6.45) is 3.53. The van der Waals surface area contributed by atoms with Gasteiger partial charge in [-0.05, 0) is 43.5 Å². The molecule has 4 N–H and O–H groups in total. The fraction of sp³-hybridized carbons (Fsp3) is 0.385. The van der Waals surface area contributed by atoms with E-state index in [1.54, 1.807) is 24.3 Å². The zero-order chi connectivity index (χ0) is 13.7. The molecule has 20 heavy (non-hydrogen) atoms. The van der Waals surface area contributed by atoms with Crippen LogP contribution in [0.3, 0.4) is 0 Å². The van der Waals surface area contributed by atoms with Crippen molar-refractivity contribution in [1.82, 2.24) is 4.90 Å². The highest BCUT2D eigenvalue weighted by Crippen LogP contribution is 2.16. The molecule has 1 heterocycles. The number of benzene rings is 1. The molecule has 110 valence electrons. The van der Waals surface area contributed by atoms with Crippen molar-refractivity contribution in [3.8, 4) is 0 Å². The molecule has 0 unspecified atom stereocenters. The molecule has 0 radical (unpaired) electrons. The number of halogens is 2. The van der Waals surface area contributed by atoms with Crippen molar-refractivity contribution in [3.63, 3.8) is 0 Å². The molecule has 0 bridgehead atoms. The molecule has 1 fully saturated rings. The van der Waals surface area contributed by atoms with Crippen molar-refractivity contribution in [2.45, 2.75) is 19.3 Å². The number of rotatable bonds is 1. The van der Waals surface area contributed by atoms with Crippen molar-refractivity contribution in [3.05, 3.63) is 29.3 Å². The van der Waals surface area contributed by atoms with Crippen LogP contribution in [-0.4, -0.2) is 29.9 Å². The maximum atomic E-state index is 5.92. The number of hydrogen-bond donors (Lipinski definition) is 2. The summed E-state index contributed by atoms with van der Waals surface area (Å²) in [7, 11) is 0. The molecule has 1 aromatic carbocycles. The third-order valence-electron chi connectivity index (χ3n) is 2.98. The Kier molecular flexibility index (Phi) is 6.61. The highest BCUT2D eigenvalue weighted by atomic mass is 35.5. The van der Waals surface area contributed by atoms with Crippen LogP contribution in [0, 0.1) is 0 Å². The summed E-state index contributed by atoms with van der Waals surface area (Å²) >= 11 is 5.80. The SMILES string of the molecule is Cl.NC(=Nc1ccc(Cl)cc1)/N=C(/N)N1CCCCC1. The monoisotopic (exact) mass is 315 g/mol. The average molecular weight is 316 g/mol. The third kappa shape index (κ3) is 4.90. The fourth-order valence-corrected chi connectivity index (χ4v) is 2.11. The van der Waals surface area contributed by atoms with Gasteiger partial charge >= 0.3 is 0 Å². The minimum atomic E-state index is 0. The van der Waals surface area contributed by atoms with Crippen molar-refractivity contribution >= 4 is 41.6 Å². The third-order valence-corrected chi connectivity index (χ3v) is 3.23. The first kappa shape index (κ1) is 16.6. The quantitative estimate of drug-likeness (QED) is 0.617. The lowest BCUT2D eigenvalue weighted by Gasteiger charge is -2.27. The molecule has 2 rings (SSSR count). The van der Waals surface area contributed by atoms with Gasteiger partial charge in [-0.25, -0.2) is 4.99 Å². The Balaban J connectivity index is 0.00000200. The molecule has 0 amide bonds. The van der Waals surface area contributed by atoms with Gasteiger partial charge in [-0.15, -0.1) is 12.4 Å². The number of aliphatic imine (C=N–C) groups is 2. The van der Waals surface area contributed by atoms with Crippen LogP contribution in [0.1, 0.15) is 19.3 Å². The van der Waals surface area contributed by atoms with Crippen molar-refractivity contribution in [2.75, 3.05) is 13.1 Å². The van der Waals surface area contributed by atoms with Crippen LogP contribution >= 0.6 is 24.0 Å². The molecule has 0 atom stereocenters. The highest BCUT2D eigenvalue weighted by molar-refractivity contribution is 6.30. The first-order chi connectivity index (χ1) is 9.15. The van der Waals surface area contributed by atoms with Crippen LogP contribution in [0.5, 0.6) is 0 Å². The van der Waals surface area contributed by atoms with Crippen LogP contribution < -0.4 is 11.5 Å². The number of nitrogens with two attached hydrogens (primary N) is 2. The van der Waals surface area contributed by atoms with E-state index in [9.17, 15) is 0 Å². The Bertz CT molecular complexity index is 478. The van der Waals surface area contributed by atoms with Crippen LogP contribution in [0.2, 0.25) is 5.02 Å². The van der Waals surface area contributed by atoms with Crippen molar-refractivity contribution in [2.24, 2.45) is 21.5 Å². The molecular formula is C13H19Cl2N5. The van der Waals surface area contributed by atoms with Crippen LogP contribution in [-0.2, 0) is 0 Å². The van der Waals surface area contributed by atoms with E-state index in [4.69, 9.17) is 23.1 Å². The number of likely N-dealkylation sites (tertiary alicyclic amines) is 1. The van der Waals surface area contributed by atoms with E-state index in [0.29, 0.717) is 16.7 Å². The van der Waals surface area contributed by atoms with Crippen LogP contribution in [0.4, 0.5) is 5.69 Å². The molecule has 1 aromatic rings. The van der Waals surface area contributed by atoms with Gasteiger partial charge in [0.05, 0.1) is 5.69 Å². The van der Waals surface area contributed by atoms with Gasteiger partial charge in [0.25, 0.3) is 0 Å². The molecule has 1 saturated heterocycles. The average Bonchev–Trinajstić information content (AvgIpc) is 2.42. The zero-order valence-electron chi connectivity index (χ0n) is 11.1. The number of piperidine rings is 1. The summed E-state index contributed by atoms with van der Waals surface area (Å²) in [4.78, 5) is 10.3. The van der Waals surface area contributed by atoms with Gasteiger partial charge in [0.1, 0.15) is 0 Å². The maximum absolute atomic E-state index is 5.92. The number of guanidine groups is 2. The summed E-state index contributed by atoms with van der Waals surface area (Å²) in [6.45, 7) is 1.87. The fourth-order valence-electron chi connectivity index (χ4n) is 1.98. The Labute approximate surface area is 130 Å². The minimum Gasteiger partial charge on any atom is -0.369 e. The van der Waals surface area contributed by atoms with E-state index in [1.807, 2.05) is 4.90 Å². The van der Waals surface area contributed by atoms with Gasteiger partial charge in [-0.2, -0.15) is 4.99 Å². The van der Waals surface area contributed by atoms with E-state index >= 15 is 0 Å². The lowest BCUT2D eigenvalue weighted by atomic mass is 10.1. The lowest BCUT2D eigenvalue weighted by molar-refractivity contribution is 0.339. The van der Waals surface area contributed by atoms with Crippen molar-refractivity contribution in [1.29, 1.82) is 0 Å². The highest BCUT2D eigenvalue weighted by Gasteiger charge is 2.12. The Morgan fingerprint density at radius 1 is 1.05 bits per heavy atom. The summed E-state index contributed by atoms with van der Waals surface area (Å²) in [6, 6.07) is 7.07. The molecule has 7 heteroatoms. The van der Waals surface area contributed by atoms with E-state index < -0.39 is 0 Å². The summed E-state index contributed by atoms with van der Waals surface area (Å²) < 4.78 is 0. The van der Waals surface area contributed by atoms with Gasteiger partial charge < -0.3 is 16.4 Å². The molecule has 0 aliphatic carbocycles. The molecule has 1 aliphatic rings. The molecule has 1 aliphatic heterocycles. The Hall–Kier alpha value is -1.46. The lowest BCUT2D eigenvalue weighted by Crippen LogP contribution is -2.41. The topological polar surface area (TPSA) is 80.0 Å². The predicted molar refractivity (Wildman–Crippen MR) is 87.0 cm³/mol. The van der Waals surface area contributed by atoms with Gasteiger partial charge in [0.15, 0.2) is 5.96 Å². The summed E-state index contributed by atoms with van der Waals surface area (Å²) in [5.41, 5.74) is 12.4. The van der Waals surface area contributed by atoms with E-state index in [-0.39, 0.29) is 18.4 Å². The number of nitrogens with zero attached hydrogens (tertiary/aromatic N) is 3. The van der Waals surface area contributed by atoms with Crippen LogP contribution in [0.25, 0.3) is 0 Å². The van der Waals surface area contributed by atoms with Gasteiger partial charge in [-0.1, -0.05) is 11.6 Å². The molecule has 0 saturated carbocycles.